The van der Waals surface area contributed by atoms with Crippen LogP contribution in [-0.2, 0) is 23.1 Å². The maximum absolute atomic E-state index is 12.8. The van der Waals surface area contributed by atoms with Crippen molar-refractivity contribution in [1.29, 1.82) is 0 Å². The first-order valence-corrected chi connectivity index (χ1v) is 10.4. The Balaban J connectivity index is 1.53. The highest BCUT2D eigenvalue weighted by molar-refractivity contribution is 6.02. The van der Waals surface area contributed by atoms with Crippen molar-refractivity contribution in [3.8, 4) is 11.3 Å². The number of fused-ring (bicyclic) bond motifs is 3. The van der Waals surface area contributed by atoms with E-state index in [0.717, 1.165) is 22.5 Å². The van der Waals surface area contributed by atoms with Crippen LogP contribution in [0.2, 0.25) is 0 Å². The second-order valence-corrected chi connectivity index (χ2v) is 8.15. The zero-order chi connectivity index (χ0) is 25.6. The van der Waals surface area contributed by atoms with Crippen LogP contribution in [0.4, 0.5) is 22.9 Å². The van der Waals surface area contributed by atoms with E-state index in [0.29, 0.717) is 31.1 Å². The van der Waals surface area contributed by atoms with Crippen LogP contribution in [0.5, 0.6) is 0 Å². The lowest BCUT2D eigenvalue weighted by Crippen LogP contribution is -2.38. The maximum atomic E-state index is 12.8. The number of hydrogen-bond donors (Lipinski definition) is 3. The second-order valence-electron chi connectivity index (χ2n) is 8.15. The van der Waals surface area contributed by atoms with Gasteiger partial charge in [-0.05, 0) is 6.07 Å². The van der Waals surface area contributed by atoms with E-state index in [2.05, 4.69) is 25.6 Å². The van der Waals surface area contributed by atoms with Crippen molar-refractivity contribution in [3.63, 3.8) is 0 Å². The number of pyridine rings is 1. The van der Waals surface area contributed by atoms with Gasteiger partial charge in [-0.1, -0.05) is 12.1 Å². The zero-order valence-electron chi connectivity index (χ0n) is 21.2. The first-order chi connectivity index (χ1) is 17.1. The van der Waals surface area contributed by atoms with Gasteiger partial charge in [-0.2, -0.15) is 5.10 Å². The molecule has 0 saturated carbocycles. The quantitative estimate of drug-likeness (QED) is 0.546. The Kier molecular flexibility index (Phi) is 4.38. The molecule has 1 aromatic carbocycles. The minimum Gasteiger partial charge on any atom is -0.380 e. The van der Waals surface area contributed by atoms with E-state index in [1.807, 2.05) is 43.8 Å². The fourth-order valence-electron chi connectivity index (χ4n) is 4.10. The van der Waals surface area contributed by atoms with E-state index in [1.54, 1.807) is 4.68 Å². The average molecular weight is 451 g/mol. The molecule has 0 bridgehead atoms. The number of aryl methyl sites for hydroxylation is 1. The molecule has 2 aliphatic heterocycles. The molecule has 2 aromatic heterocycles. The van der Waals surface area contributed by atoms with Crippen molar-refractivity contribution in [1.82, 2.24) is 20.1 Å². The van der Waals surface area contributed by atoms with E-state index >= 15 is 0 Å². The number of anilines is 4. The number of aromatic nitrogens is 3. The molecule has 2 aliphatic rings. The molecule has 0 radical (unpaired) electrons. The fourth-order valence-corrected chi connectivity index (χ4v) is 4.10. The molecule has 0 aliphatic carbocycles. The lowest BCUT2D eigenvalue weighted by molar-refractivity contribution is -0.133. The van der Waals surface area contributed by atoms with Gasteiger partial charge in [-0.3, -0.25) is 14.3 Å². The monoisotopic (exact) mass is 450 g/mol. The molecule has 1 saturated heterocycles. The summed E-state index contributed by atoms with van der Waals surface area (Å²) in [5.74, 6) is -1.09. The number of para-hydroxylation sites is 1. The minimum atomic E-state index is -2.67. The van der Waals surface area contributed by atoms with Gasteiger partial charge >= 0.3 is 0 Å². The van der Waals surface area contributed by atoms with Gasteiger partial charge in [0.05, 0.1) is 47.5 Å². The Morgan fingerprint density at radius 3 is 2.85 bits per heavy atom. The van der Waals surface area contributed by atoms with Crippen LogP contribution in [0.1, 0.15) is 20.0 Å². The van der Waals surface area contributed by atoms with Crippen molar-refractivity contribution in [2.24, 2.45) is 13.0 Å². The molecule has 0 atom stereocenters. The van der Waals surface area contributed by atoms with Crippen LogP contribution in [0.25, 0.3) is 11.3 Å². The van der Waals surface area contributed by atoms with Crippen LogP contribution < -0.4 is 20.9 Å². The number of rotatable bonds is 5. The predicted octanol–water partition coefficient (Wildman–Crippen LogP) is 2.12. The summed E-state index contributed by atoms with van der Waals surface area (Å²) < 4.78 is 29.1. The highest BCUT2D eigenvalue weighted by atomic mass is 16.5. The summed E-state index contributed by atoms with van der Waals surface area (Å²) in [6, 6.07) is 7.23. The normalized spacial score (nSPS) is 16.4. The molecular formula is C23H25N7O3. The molecule has 0 unspecified atom stereocenters. The van der Waals surface area contributed by atoms with E-state index in [-0.39, 0.29) is 23.2 Å². The Bertz CT molecular complexity index is 1350. The van der Waals surface area contributed by atoms with Crippen LogP contribution in [0.3, 0.4) is 0 Å². The highest BCUT2D eigenvalue weighted by Gasteiger charge is 2.28. The van der Waals surface area contributed by atoms with Gasteiger partial charge in [0.1, 0.15) is 5.82 Å². The number of ether oxygens (including phenoxy) is 1. The Morgan fingerprint density at radius 1 is 1.24 bits per heavy atom. The van der Waals surface area contributed by atoms with E-state index < -0.39 is 12.9 Å². The average Bonchev–Trinajstić information content (AvgIpc) is 3.11. The molecule has 3 aromatic rings. The van der Waals surface area contributed by atoms with Crippen molar-refractivity contribution in [3.05, 3.63) is 47.8 Å². The molecule has 1 fully saturated rings. The van der Waals surface area contributed by atoms with E-state index in [4.69, 9.17) is 8.85 Å². The lowest BCUT2D eigenvalue weighted by Gasteiger charge is -2.29. The van der Waals surface area contributed by atoms with Crippen molar-refractivity contribution in [2.75, 3.05) is 42.8 Å². The smallest absolute Gasteiger partial charge is 0.254 e. The summed E-state index contributed by atoms with van der Waals surface area (Å²) in [7, 11) is 3.83. The van der Waals surface area contributed by atoms with Crippen molar-refractivity contribution < 1.29 is 18.4 Å². The summed E-state index contributed by atoms with van der Waals surface area (Å²) in [6.45, 7) is -1.35. The summed E-state index contributed by atoms with van der Waals surface area (Å²) in [6.07, 6.45) is 3.23. The molecule has 5 rings (SSSR count). The van der Waals surface area contributed by atoms with Gasteiger partial charge in [0, 0.05) is 61.3 Å². The summed E-state index contributed by atoms with van der Waals surface area (Å²) in [5.41, 5.74) is 4.76. The first kappa shape index (κ1) is 17.6. The van der Waals surface area contributed by atoms with E-state index in [1.165, 1.54) is 12.3 Å². The Labute approximate surface area is 195 Å². The Morgan fingerprint density at radius 2 is 2.09 bits per heavy atom. The van der Waals surface area contributed by atoms with Crippen molar-refractivity contribution in [2.45, 2.75) is 6.54 Å². The highest BCUT2D eigenvalue weighted by Crippen LogP contribution is 2.43. The van der Waals surface area contributed by atoms with Gasteiger partial charge in [-0.25, -0.2) is 4.98 Å². The third-order valence-corrected chi connectivity index (χ3v) is 5.78. The van der Waals surface area contributed by atoms with E-state index in [9.17, 15) is 9.59 Å². The number of nitrogens with zero attached hydrogens (tertiary/aromatic N) is 4. The van der Waals surface area contributed by atoms with Gasteiger partial charge in [0.25, 0.3) is 5.91 Å². The third kappa shape index (κ3) is 3.78. The van der Waals surface area contributed by atoms with Gasteiger partial charge in [-0.15, -0.1) is 0 Å². The molecule has 0 spiro atoms. The summed E-state index contributed by atoms with van der Waals surface area (Å²) in [5, 5.41) is 12.6. The molecule has 33 heavy (non-hydrogen) atoms. The van der Waals surface area contributed by atoms with Gasteiger partial charge < -0.3 is 25.6 Å². The van der Waals surface area contributed by atoms with Gasteiger partial charge in [0.2, 0.25) is 5.91 Å². The molecular weight excluding hydrogens is 422 g/mol. The number of carbonyl (C=O) groups excluding carboxylic acids is 2. The number of carbonyl (C=O) groups is 2. The third-order valence-electron chi connectivity index (χ3n) is 5.78. The molecule has 10 nitrogen and oxygen atoms in total. The molecule has 10 heteroatoms. The molecule has 170 valence electrons. The summed E-state index contributed by atoms with van der Waals surface area (Å²) >= 11 is 0. The zero-order valence-corrected chi connectivity index (χ0v) is 18.2. The minimum absolute atomic E-state index is 0.0192. The first-order valence-electron chi connectivity index (χ1n) is 11.9. The molecule has 3 N–H and O–H groups in total. The van der Waals surface area contributed by atoms with Crippen LogP contribution in [0.15, 0.2) is 36.7 Å². The second kappa shape index (κ2) is 8.21. The molecule has 2 amide bonds. The van der Waals surface area contributed by atoms with Crippen LogP contribution >= 0.6 is 0 Å². The SMILES string of the molecule is [2H]C([2H])([2H])NC(=O)c1cnc(NC(=O)C2COC2)cc1Nc1cccc2c1N(C)Cc1cn(C)nc1-2. The summed E-state index contributed by atoms with van der Waals surface area (Å²) in [4.78, 5) is 31.5. The van der Waals surface area contributed by atoms with Crippen molar-refractivity contribution >= 4 is 34.7 Å². The number of amides is 2. The maximum Gasteiger partial charge on any atom is 0.254 e. The number of benzene rings is 1. The lowest BCUT2D eigenvalue weighted by atomic mass is 9.99. The Hall–Kier alpha value is -3.92. The molecule has 4 heterocycles. The number of hydrogen-bond acceptors (Lipinski definition) is 7. The van der Waals surface area contributed by atoms with Gasteiger partial charge in [0.15, 0.2) is 0 Å². The predicted molar refractivity (Wildman–Crippen MR) is 125 cm³/mol. The number of nitrogens with one attached hydrogen (secondary N) is 3. The fraction of sp³-hybridized carbons (Fsp3) is 0.304. The van der Waals surface area contributed by atoms with Crippen LogP contribution in [-0.4, -0.2) is 53.8 Å². The standard InChI is InChI=1S/C23H25N7O3/c1-24-23(32)16-8-25-19(27-22(31)14-11-33-12-14)7-18(16)26-17-6-4-5-15-20-13(10-30(3)28-20)9-29(2)21(15)17/h4-8,10,14H,9,11-12H2,1-3H3,(H,24,32)(H2,25,26,27,31)/i1D3. The largest absolute Gasteiger partial charge is 0.380 e. The van der Waals surface area contributed by atoms with Crippen LogP contribution in [0, 0.1) is 5.92 Å². The topological polar surface area (TPSA) is 113 Å².